The van der Waals surface area contributed by atoms with E-state index in [-0.39, 0.29) is 5.91 Å². The molecule has 202 valence electrons. The molecule has 9 heteroatoms. The normalized spacial score (nSPS) is 11.5. The molecule has 0 aromatic heterocycles. The van der Waals surface area contributed by atoms with E-state index in [9.17, 15) is 14.4 Å². The lowest BCUT2D eigenvalue weighted by Crippen LogP contribution is -2.42. The van der Waals surface area contributed by atoms with E-state index in [1.54, 1.807) is 57.3 Å². The van der Waals surface area contributed by atoms with Crippen molar-refractivity contribution in [3.05, 3.63) is 64.7 Å². The molecule has 8 nitrogen and oxygen atoms in total. The van der Waals surface area contributed by atoms with Crippen LogP contribution >= 0.6 is 11.6 Å². The molecule has 0 heterocycles. The van der Waals surface area contributed by atoms with Crippen LogP contribution in [-0.4, -0.2) is 50.4 Å². The van der Waals surface area contributed by atoms with E-state index in [0.717, 1.165) is 5.56 Å². The van der Waals surface area contributed by atoms with Gasteiger partial charge in [0.25, 0.3) is 5.91 Å². The lowest BCUT2D eigenvalue weighted by atomic mass is 9.82. The van der Waals surface area contributed by atoms with E-state index in [4.69, 9.17) is 25.8 Å². The molecule has 0 bridgehead atoms. The summed E-state index contributed by atoms with van der Waals surface area (Å²) in [6.07, 6.45) is 1.84. The summed E-state index contributed by atoms with van der Waals surface area (Å²) >= 11 is 5.85. The smallest absolute Gasteiger partial charge is 0.352 e. The second-order valence-corrected chi connectivity index (χ2v) is 9.70. The van der Waals surface area contributed by atoms with Crippen molar-refractivity contribution in [1.82, 2.24) is 10.6 Å². The van der Waals surface area contributed by atoms with Gasteiger partial charge in [-0.2, -0.15) is 0 Å². The highest BCUT2D eigenvalue weighted by atomic mass is 35.5. The molecule has 0 spiro atoms. The molecule has 2 aromatic carbocycles. The molecule has 2 aromatic rings. The van der Waals surface area contributed by atoms with Crippen molar-refractivity contribution < 1.29 is 28.6 Å². The number of nitrogens with one attached hydrogen (secondary N) is 2. The summed E-state index contributed by atoms with van der Waals surface area (Å²) in [6.45, 7) is 7.48. The van der Waals surface area contributed by atoms with E-state index in [0.29, 0.717) is 48.7 Å². The summed E-state index contributed by atoms with van der Waals surface area (Å²) in [7, 11) is 1.78. The van der Waals surface area contributed by atoms with E-state index in [1.807, 2.05) is 26.0 Å². The van der Waals surface area contributed by atoms with Crippen LogP contribution in [0.25, 0.3) is 0 Å². The lowest BCUT2D eigenvalue weighted by Gasteiger charge is -2.29. The molecule has 0 aliphatic heterocycles. The van der Waals surface area contributed by atoms with E-state index < -0.39 is 29.7 Å². The maximum Gasteiger partial charge on any atom is 0.352 e. The first-order chi connectivity index (χ1) is 17.6. The molecule has 0 atom stereocenters. The van der Waals surface area contributed by atoms with Gasteiger partial charge in [-0.15, -0.1) is 0 Å². The average molecular weight is 533 g/mol. The Morgan fingerprint density at radius 3 is 2.05 bits per heavy atom. The fourth-order valence-electron chi connectivity index (χ4n) is 3.75. The molecular weight excluding hydrogens is 496 g/mol. The Morgan fingerprint density at radius 2 is 1.49 bits per heavy atom. The van der Waals surface area contributed by atoms with Crippen molar-refractivity contribution in [2.75, 3.05) is 26.9 Å². The molecule has 0 aliphatic carbocycles. The van der Waals surface area contributed by atoms with E-state index in [1.165, 1.54) is 0 Å². The van der Waals surface area contributed by atoms with Crippen molar-refractivity contribution >= 4 is 29.4 Å². The predicted molar refractivity (Wildman–Crippen MR) is 143 cm³/mol. The Balaban J connectivity index is 1.81. The first-order valence-corrected chi connectivity index (χ1v) is 12.8. The third-order valence-electron chi connectivity index (χ3n) is 6.28. The van der Waals surface area contributed by atoms with Crippen molar-refractivity contribution in [3.8, 4) is 5.75 Å². The maximum absolute atomic E-state index is 12.6. The van der Waals surface area contributed by atoms with Crippen molar-refractivity contribution in [2.24, 2.45) is 5.41 Å². The number of halogens is 1. The Hall–Kier alpha value is -3.10. The highest BCUT2D eigenvalue weighted by molar-refractivity contribution is 6.30. The van der Waals surface area contributed by atoms with Crippen LogP contribution in [-0.2, 0) is 25.5 Å². The van der Waals surface area contributed by atoms with Crippen LogP contribution < -0.4 is 15.4 Å². The lowest BCUT2D eigenvalue weighted by molar-refractivity contribution is -0.183. The minimum Gasteiger partial charge on any atom is -0.476 e. The van der Waals surface area contributed by atoms with Gasteiger partial charge in [-0.25, -0.2) is 4.79 Å². The first kappa shape index (κ1) is 30.1. The Labute approximate surface area is 224 Å². The molecule has 2 N–H and O–H groups in total. The Kier molecular flexibility index (Phi) is 11.4. The number of ether oxygens (including phenoxy) is 3. The van der Waals surface area contributed by atoms with Crippen LogP contribution in [0.4, 0.5) is 0 Å². The number of hydrogen-bond acceptors (Lipinski definition) is 7. The Bertz CT molecular complexity index is 1030. The van der Waals surface area contributed by atoms with Crippen LogP contribution in [0.3, 0.4) is 0 Å². The number of benzene rings is 2. The zero-order valence-corrected chi connectivity index (χ0v) is 22.9. The number of amides is 1. The number of esters is 2. The summed E-state index contributed by atoms with van der Waals surface area (Å²) in [5, 5.41) is 6.47. The van der Waals surface area contributed by atoms with E-state index in [2.05, 4.69) is 10.6 Å². The average Bonchev–Trinajstić information content (AvgIpc) is 2.88. The molecular formula is C28H37ClN2O6. The van der Waals surface area contributed by atoms with Gasteiger partial charge >= 0.3 is 11.9 Å². The molecule has 0 unspecified atom stereocenters. The zero-order valence-electron chi connectivity index (χ0n) is 22.2. The second-order valence-electron chi connectivity index (χ2n) is 9.27. The molecule has 2 rings (SSSR count). The van der Waals surface area contributed by atoms with Gasteiger partial charge in [-0.3, -0.25) is 9.59 Å². The summed E-state index contributed by atoms with van der Waals surface area (Å²) in [5.41, 5.74) is -0.413. The van der Waals surface area contributed by atoms with Gasteiger partial charge < -0.3 is 24.8 Å². The van der Waals surface area contributed by atoms with Crippen molar-refractivity contribution in [1.29, 1.82) is 0 Å². The third-order valence-corrected chi connectivity index (χ3v) is 6.53. The van der Waals surface area contributed by atoms with Gasteiger partial charge in [0, 0.05) is 23.7 Å². The molecule has 0 saturated heterocycles. The van der Waals surface area contributed by atoms with Gasteiger partial charge in [-0.05, 0) is 82.1 Å². The standard InChI is InChI=1S/C28H37ClN2O6/c1-6-28(7-2,18-30-5)26(34)36-19-35-25(33)27(3,4)37-23-14-8-20(9-15-23)16-17-31-24(32)21-10-12-22(29)13-11-21/h8-15,30H,6-7,16-19H2,1-5H3,(H,31,32). The number of carbonyl (C=O) groups excluding carboxylic acids is 3. The second kappa shape index (κ2) is 14.0. The topological polar surface area (TPSA) is 103 Å². The van der Waals surface area contributed by atoms with Gasteiger partial charge in [0.1, 0.15) is 5.75 Å². The summed E-state index contributed by atoms with van der Waals surface area (Å²) in [6, 6.07) is 13.9. The fourth-order valence-corrected chi connectivity index (χ4v) is 3.87. The number of carbonyl (C=O) groups is 3. The third kappa shape index (κ3) is 8.76. The number of rotatable bonds is 14. The van der Waals surface area contributed by atoms with Crippen LogP contribution in [0.1, 0.15) is 56.5 Å². The van der Waals surface area contributed by atoms with Crippen LogP contribution in [0, 0.1) is 5.41 Å². The molecule has 0 fully saturated rings. The molecule has 0 saturated carbocycles. The predicted octanol–water partition coefficient (Wildman–Crippen LogP) is 4.54. The van der Waals surface area contributed by atoms with Crippen molar-refractivity contribution in [3.63, 3.8) is 0 Å². The molecule has 0 aliphatic rings. The quantitative estimate of drug-likeness (QED) is 0.272. The minimum absolute atomic E-state index is 0.167. The Morgan fingerprint density at radius 1 is 0.892 bits per heavy atom. The van der Waals surface area contributed by atoms with Gasteiger partial charge in [0.15, 0.2) is 5.60 Å². The highest BCUT2D eigenvalue weighted by Gasteiger charge is 2.37. The number of hydrogen-bond donors (Lipinski definition) is 2. The minimum atomic E-state index is -1.29. The molecule has 37 heavy (non-hydrogen) atoms. The fraction of sp³-hybridized carbons (Fsp3) is 0.464. The largest absolute Gasteiger partial charge is 0.476 e. The molecule has 1 amide bonds. The monoisotopic (exact) mass is 532 g/mol. The van der Waals surface area contributed by atoms with Gasteiger partial charge in [-0.1, -0.05) is 37.6 Å². The zero-order chi connectivity index (χ0) is 27.5. The SMILES string of the molecule is CCC(CC)(CNC)C(=O)OCOC(=O)C(C)(C)Oc1ccc(CCNC(=O)c2ccc(Cl)cc2)cc1. The summed E-state index contributed by atoms with van der Waals surface area (Å²) in [4.78, 5) is 37.3. The van der Waals surface area contributed by atoms with Gasteiger partial charge in [0.2, 0.25) is 6.79 Å². The first-order valence-electron chi connectivity index (χ1n) is 12.4. The highest BCUT2D eigenvalue weighted by Crippen LogP contribution is 2.27. The van der Waals surface area contributed by atoms with Gasteiger partial charge in [0.05, 0.1) is 5.41 Å². The van der Waals surface area contributed by atoms with Crippen molar-refractivity contribution in [2.45, 2.75) is 52.6 Å². The van der Waals surface area contributed by atoms with Crippen LogP contribution in [0.5, 0.6) is 5.75 Å². The maximum atomic E-state index is 12.6. The summed E-state index contributed by atoms with van der Waals surface area (Å²) in [5.74, 6) is -0.739. The van der Waals surface area contributed by atoms with Crippen LogP contribution in [0.15, 0.2) is 48.5 Å². The van der Waals surface area contributed by atoms with E-state index >= 15 is 0 Å². The summed E-state index contributed by atoms with van der Waals surface area (Å²) < 4.78 is 16.3. The molecule has 0 radical (unpaired) electrons. The van der Waals surface area contributed by atoms with Crippen LogP contribution in [0.2, 0.25) is 5.02 Å².